The van der Waals surface area contributed by atoms with Crippen molar-refractivity contribution in [2.24, 2.45) is 0 Å². The van der Waals surface area contributed by atoms with Gasteiger partial charge >= 0.3 is 0 Å². The summed E-state index contributed by atoms with van der Waals surface area (Å²) < 4.78 is 1.47. The number of nitrogens with zero attached hydrogens (tertiary/aromatic N) is 2. The number of aromatic hydroxyl groups is 1. The molecular weight excluding hydrogens is 176 g/mol. The van der Waals surface area contributed by atoms with Crippen LogP contribution in [0.3, 0.4) is 0 Å². The molecule has 1 N–H and O–H groups in total. The molecule has 14 heavy (non-hydrogen) atoms. The summed E-state index contributed by atoms with van der Waals surface area (Å²) in [6.45, 7) is 3.81. The molecule has 0 aliphatic carbocycles. The van der Waals surface area contributed by atoms with E-state index in [1.807, 2.05) is 31.2 Å². The minimum Gasteiger partial charge on any atom is -0.493 e. The van der Waals surface area contributed by atoms with Gasteiger partial charge in [0, 0.05) is 0 Å². The van der Waals surface area contributed by atoms with Gasteiger partial charge in [-0.3, -0.25) is 0 Å². The van der Waals surface area contributed by atoms with Crippen molar-refractivity contribution < 1.29 is 5.11 Å². The van der Waals surface area contributed by atoms with E-state index in [0.29, 0.717) is 5.69 Å². The van der Waals surface area contributed by atoms with E-state index >= 15 is 0 Å². The normalized spacial score (nSPS) is 10.4. The molecule has 0 aliphatic rings. The minimum atomic E-state index is 0.0475. The van der Waals surface area contributed by atoms with Gasteiger partial charge in [-0.2, -0.15) is 5.10 Å². The molecule has 0 unspecified atom stereocenters. The monoisotopic (exact) mass is 187 g/mol. The van der Waals surface area contributed by atoms with Crippen LogP contribution in [0.1, 0.15) is 11.3 Å². The molecule has 2 aromatic rings. The van der Waals surface area contributed by atoms with Gasteiger partial charge in [0.05, 0.1) is 17.4 Å². The first-order valence-electron chi connectivity index (χ1n) is 4.42. The highest BCUT2D eigenvalue weighted by Gasteiger charge is 2.05. The van der Waals surface area contributed by atoms with E-state index < -0.39 is 0 Å². The molecular formula is C11H11N2O. The van der Waals surface area contributed by atoms with Crippen LogP contribution in [-0.2, 0) is 0 Å². The molecule has 0 spiro atoms. The minimum absolute atomic E-state index is 0.0475. The smallest absolute Gasteiger partial charge is 0.222 e. The Morgan fingerprint density at radius 3 is 2.36 bits per heavy atom. The van der Waals surface area contributed by atoms with E-state index in [2.05, 4.69) is 11.2 Å². The van der Waals surface area contributed by atoms with Gasteiger partial charge < -0.3 is 5.11 Å². The molecule has 0 saturated heterocycles. The van der Waals surface area contributed by atoms with Crippen LogP contribution in [0.2, 0.25) is 0 Å². The zero-order valence-electron chi connectivity index (χ0n) is 8.15. The van der Waals surface area contributed by atoms with Crippen LogP contribution < -0.4 is 0 Å². The lowest BCUT2D eigenvalue weighted by Gasteiger charge is -2.02. The average molecular weight is 187 g/mol. The molecule has 1 radical (unpaired) electrons. The molecule has 3 nitrogen and oxygen atoms in total. The summed E-state index contributed by atoms with van der Waals surface area (Å²) in [6, 6.07) is 10.5. The average Bonchev–Trinajstić information content (AvgIpc) is 2.47. The molecule has 0 atom stereocenters. The molecule has 0 bridgehead atoms. The molecule has 2 rings (SSSR count). The third-order valence-electron chi connectivity index (χ3n) is 2.02. The Bertz CT molecular complexity index is 443. The Morgan fingerprint density at radius 1 is 1.21 bits per heavy atom. The molecule has 0 amide bonds. The van der Waals surface area contributed by atoms with Crippen LogP contribution in [0, 0.1) is 19.9 Å². The van der Waals surface area contributed by atoms with Crippen molar-refractivity contribution in [2.75, 3.05) is 0 Å². The molecule has 1 heterocycles. The maximum absolute atomic E-state index is 9.50. The van der Waals surface area contributed by atoms with E-state index in [0.717, 1.165) is 5.69 Å². The Morgan fingerprint density at radius 2 is 1.86 bits per heavy atom. The van der Waals surface area contributed by atoms with Gasteiger partial charge in [0.2, 0.25) is 5.88 Å². The van der Waals surface area contributed by atoms with Gasteiger partial charge in [-0.15, -0.1) is 0 Å². The van der Waals surface area contributed by atoms with E-state index in [-0.39, 0.29) is 5.88 Å². The Kier molecular flexibility index (Phi) is 2.00. The van der Waals surface area contributed by atoms with Gasteiger partial charge in [-0.25, -0.2) is 4.68 Å². The van der Waals surface area contributed by atoms with E-state index in [4.69, 9.17) is 0 Å². The molecule has 71 valence electrons. The van der Waals surface area contributed by atoms with E-state index in [1.165, 1.54) is 10.2 Å². The number of hydrogen-bond donors (Lipinski definition) is 1. The zero-order valence-corrected chi connectivity index (χ0v) is 8.15. The lowest BCUT2D eigenvalue weighted by molar-refractivity contribution is 0.432. The first-order valence-corrected chi connectivity index (χ1v) is 4.42. The van der Waals surface area contributed by atoms with Crippen molar-refractivity contribution in [3.63, 3.8) is 0 Å². The van der Waals surface area contributed by atoms with Gasteiger partial charge in [0.1, 0.15) is 0 Å². The quantitative estimate of drug-likeness (QED) is 0.741. The predicted molar refractivity (Wildman–Crippen MR) is 53.5 cm³/mol. The first-order chi connectivity index (χ1) is 6.66. The second-order valence-corrected chi connectivity index (χ2v) is 3.28. The van der Waals surface area contributed by atoms with Crippen LogP contribution in [0.25, 0.3) is 5.69 Å². The number of benzene rings is 1. The van der Waals surface area contributed by atoms with Crippen LogP contribution in [0.5, 0.6) is 5.88 Å². The molecule has 0 saturated carbocycles. The Hall–Kier alpha value is -1.77. The molecule has 0 aliphatic heterocycles. The van der Waals surface area contributed by atoms with Gasteiger partial charge in [-0.05, 0) is 26.0 Å². The SMILES string of the molecule is Cc1ccc(-n2nc(C)[c]c2O)cc1. The molecule has 1 aromatic heterocycles. The molecule has 0 fully saturated rings. The van der Waals surface area contributed by atoms with Gasteiger partial charge in [-0.1, -0.05) is 17.7 Å². The van der Waals surface area contributed by atoms with Crippen molar-refractivity contribution in [1.82, 2.24) is 9.78 Å². The summed E-state index contributed by atoms with van der Waals surface area (Å²) in [5.74, 6) is 0.0475. The third kappa shape index (κ3) is 1.48. The summed E-state index contributed by atoms with van der Waals surface area (Å²) in [4.78, 5) is 0. The number of aryl methyl sites for hydroxylation is 2. The second-order valence-electron chi connectivity index (χ2n) is 3.28. The highest BCUT2D eigenvalue weighted by molar-refractivity contribution is 5.36. The maximum atomic E-state index is 9.50. The van der Waals surface area contributed by atoms with Crippen molar-refractivity contribution in [2.45, 2.75) is 13.8 Å². The predicted octanol–water partition coefficient (Wildman–Crippen LogP) is 1.99. The topological polar surface area (TPSA) is 38.0 Å². The van der Waals surface area contributed by atoms with E-state index in [9.17, 15) is 5.11 Å². The molecule has 1 aromatic carbocycles. The van der Waals surface area contributed by atoms with Crippen molar-refractivity contribution in [3.05, 3.63) is 41.6 Å². The fourth-order valence-corrected chi connectivity index (χ4v) is 1.30. The van der Waals surface area contributed by atoms with Crippen LogP contribution in [-0.4, -0.2) is 14.9 Å². The van der Waals surface area contributed by atoms with Gasteiger partial charge in [0.15, 0.2) is 0 Å². The number of rotatable bonds is 1. The van der Waals surface area contributed by atoms with E-state index in [1.54, 1.807) is 6.92 Å². The standard InChI is InChI=1S/C11H11N2O/c1-8-3-5-10(6-4-8)13-11(14)7-9(2)12-13/h3-6,14H,1-2H3. The summed E-state index contributed by atoms with van der Waals surface area (Å²) in [5, 5.41) is 13.6. The highest BCUT2D eigenvalue weighted by Crippen LogP contribution is 2.16. The zero-order chi connectivity index (χ0) is 10.1. The Labute approximate surface area is 82.6 Å². The van der Waals surface area contributed by atoms with Crippen LogP contribution in [0.4, 0.5) is 0 Å². The maximum Gasteiger partial charge on any atom is 0.222 e. The first kappa shape index (κ1) is 8.81. The fraction of sp³-hybridized carbons (Fsp3) is 0.182. The fourth-order valence-electron chi connectivity index (χ4n) is 1.30. The lowest BCUT2D eigenvalue weighted by Crippen LogP contribution is -1.95. The lowest BCUT2D eigenvalue weighted by atomic mass is 10.2. The van der Waals surface area contributed by atoms with Crippen LogP contribution in [0.15, 0.2) is 24.3 Å². The summed E-state index contributed by atoms with van der Waals surface area (Å²) in [7, 11) is 0. The second kappa shape index (κ2) is 3.18. The summed E-state index contributed by atoms with van der Waals surface area (Å²) >= 11 is 0. The number of hydrogen-bond acceptors (Lipinski definition) is 2. The number of aromatic nitrogens is 2. The largest absolute Gasteiger partial charge is 0.493 e. The Balaban J connectivity index is 2.49. The van der Waals surface area contributed by atoms with Gasteiger partial charge in [0.25, 0.3) is 0 Å². The van der Waals surface area contributed by atoms with Crippen molar-refractivity contribution in [3.8, 4) is 11.6 Å². The van der Waals surface area contributed by atoms with Crippen molar-refractivity contribution in [1.29, 1.82) is 0 Å². The summed E-state index contributed by atoms with van der Waals surface area (Å²) in [6.07, 6.45) is 0. The highest BCUT2D eigenvalue weighted by atomic mass is 16.3. The summed E-state index contributed by atoms with van der Waals surface area (Å²) in [5.41, 5.74) is 2.71. The van der Waals surface area contributed by atoms with Crippen molar-refractivity contribution >= 4 is 0 Å². The third-order valence-corrected chi connectivity index (χ3v) is 2.02. The molecule has 3 heteroatoms. The van der Waals surface area contributed by atoms with Crippen LogP contribution >= 0.6 is 0 Å².